The van der Waals surface area contributed by atoms with Crippen LogP contribution >= 0.6 is 0 Å². The van der Waals surface area contributed by atoms with Crippen LogP contribution in [0.25, 0.3) is 11.3 Å². The highest BCUT2D eigenvalue weighted by atomic mass is 16.5. The van der Waals surface area contributed by atoms with E-state index in [1.165, 1.54) is 6.07 Å². The molecule has 8 nitrogen and oxygen atoms in total. The van der Waals surface area contributed by atoms with Gasteiger partial charge < -0.3 is 9.84 Å². The maximum atomic E-state index is 12.0. The van der Waals surface area contributed by atoms with Gasteiger partial charge >= 0.3 is 0 Å². The first-order valence-corrected chi connectivity index (χ1v) is 7.86. The van der Waals surface area contributed by atoms with Crippen LogP contribution in [0.4, 0.5) is 0 Å². The molecule has 3 N–H and O–H groups in total. The van der Waals surface area contributed by atoms with Gasteiger partial charge in [-0.25, -0.2) is 0 Å². The first-order valence-electron chi connectivity index (χ1n) is 7.86. The molecule has 1 aromatic heterocycles. The van der Waals surface area contributed by atoms with Crippen LogP contribution in [0.5, 0.6) is 0 Å². The predicted octanol–water partition coefficient (Wildman–Crippen LogP) is 1.26. The maximum absolute atomic E-state index is 12.0. The Kier molecular flexibility index (Phi) is 6.27. The number of aromatic nitrogens is 1. The first kappa shape index (κ1) is 18.2. The number of benzene rings is 1. The Morgan fingerprint density at radius 1 is 1.12 bits per heavy atom. The Morgan fingerprint density at radius 2 is 1.84 bits per heavy atom. The lowest BCUT2D eigenvalue weighted by atomic mass is 10.1. The SMILES string of the molecule is CC(C)C(=O)NNC(=O)CCNC(=O)c1cc(-c2ccccc2)on1. The lowest BCUT2D eigenvalue weighted by molar-refractivity contribution is -0.130. The van der Waals surface area contributed by atoms with Gasteiger partial charge in [-0.05, 0) is 0 Å². The van der Waals surface area contributed by atoms with Crippen LogP contribution in [0, 0.1) is 5.92 Å². The zero-order valence-electron chi connectivity index (χ0n) is 14.0. The van der Waals surface area contributed by atoms with E-state index in [0.717, 1.165) is 5.56 Å². The fourth-order valence-corrected chi connectivity index (χ4v) is 1.84. The molecule has 0 spiro atoms. The quantitative estimate of drug-likeness (QED) is 0.683. The molecule has 8 heteroatoms. The van der Waals surface area contributed by atoms with Crippen molar-refractivity contribution in [2.45, 2.75) is 20.3 Å². The average Bonchev–Trinajstić information content (AvgIpc) is 3.10. The van der Waals surface area contributed by atoms with Gasteiger partial charge in [0.1, 0.15) is 0 Å². The van der Waals surface area contributed by atoms with Gasteiger partial charge in [0.05, 0.1) is 0 Å². The molecule has 0 atom stereocenters. The zero-order valence-corrected chi connectivity index (χ0v) is 14.0. The van der Waals surface area contributed by atoms with E-state index in [2.05, 4.69) is 21.3 Å². The van der Waals surface area contributed by atoms with Crippen molar-refractivity contribution in [1.29, 1.82) is 0 Å². The highest BCUT2D eigenvalue weighted by Gasteiger charge is 2.14. The second kappa shape index (κ2) is 8.62. The van der Waals surface area contributed by atoms with Crippen LogP contribution in [0.1, 0.15) is 30.8 Å². The number of amides is 3. The summed E-state index contributed by atoms with van der Waals surface area (Å²) in [5.74, 6) is -0.872. The summed E-state index contributed by atoms with van der Waals surface area (Å²) in [6, 6.07) is 10.8. The van der Waals surface area contributed by atoms with Crippen LogP contribution < -0.4 is 16.2 Å². The fourth-order valence-electron chi connectivity index (χ4n) is 1.84. The van der Waals surface area contributed by atoms with Gasteiger partial charge in [-0.15, -0.1) is 0 Å². The van der Waals surface area contributed by atoms with Gasteiger partial charge in [-0.1, -0.05) is 49.3 Å². The fraction of sp³-hybridized carbons (Fsp3) is 0.294. The Labute approximate surface area is 144 Å². The largest absolute Gasteiger partial charge is 0.355 e. The molecule has 2 aromatic rings. The van der Waals surface area contributed by atoms with E-state index in [1.807, 2.05) is 30.3 Å². The highest BCUT2D eigenvalue weighted by Crippen LogP contribution is 2.19. The molecule has 0 saturated carbocycles. The Bertz CT molecular complexity index is 740. The molecule has 0 unspecified atom stereocenters. The lowest BCUT2D eigenvalue weighted by Gasteiger charge is -2.09. The van der Waals surface area contributed by atoms with Crippen molar-refractivity contribution in [1.82, 2.24) is 21.3 Å². The van der Waals surface area contributed by atoms with Crippen molar-refractivity contribution in [3.05, 3.63) is 42.1 Å². The topological polar surface area (TPSA) is 113 Å². The van der Waals surface area contributed by atoms with Gasteiger partial charge in [-0.3, -0.25) is 25.2 Å². The Hall–Kier alpha value is -3.16. The highest BCUT2D eigenvalue weighted by molar-refractivity contribution is 5.93. The molecular weight excluding hydrogens is 324 g/mol. The normalized spacial score (nSPS) is 10.4. The molecule has 2 rings (SSSR count). The molecule has 132 valence electrons. The third kappa shape index (κ3) is 5.45. The number of carbonyl (C=O) groups excluding carboxylic acids is 3. The number of carbonyl (C=O) groups is 3. The van der Waals surface area contributed by atoms with E-state index in [4.69, 9.17) is 4.52 Å². The summed E-state index contributed by atoms with van der Waals surface area (Å²) >= 11 is 0. The van der Waals surface area contributed by atoms with Crippen molar-refractivity contribution >= 4 is 17.7 Å². The van der Waals surface area contributed by atoms with Gasteiger partial charge in [0.15, 0.2) is 11.5 Å². The Balaban J connectivity index is 1.76. The van der Waals surface area contributed by atoms with E-state index >= 15 is 0 Å². The Morgan fingerprint density at radius 3 is 2.52 bits per heavy atom. The second-order valence-electron chi connectivity index (χ2n) is 5.64. The molecule has 0 saturated heterocycles. The van der Waals surface area contributed by atoms with E-state index < -0.39 is 11.8 Å². The van der Waals surface area contributed by atoms with Crippen molar-refractivity contribution in [2.24, 2.45) is 5.92 Å². The predicted molar refractivity (Wildman–Crippen MR) is 90.0 cm³/mol. The molecule has 0 aliphatic carbocycles. The first-order chi connectivity index (χ1) is 12.0. The van der Waals surface area contributed by atoms with Crippen molar-refractivity contribution < 1.29 is 18.9 Å². The number of hydrazine groups is 1. The summed E-state index contributed by atoms with van der Waals surface area (Å²) in [7, 11) is 0. The minimum atomic E-state index is -0.440. The average molecular weight is 344 g/mol. The smallest absolute Gasteiger partial charge is 0.273 e. The molecule has 3 amide bonds. The molecule has 0 aliphatic rings. The number of hydrogen-bond acceptors (Lipinski definition) is 5. The summed E-state index contributed by atoms with van der Waals surface area (Å²) in [6.45, 7) is 3.53. The number of nitrogens with zero attached hydrogens (tertiary/aromatic N) is 1. The van der Waals surface area contributed by atoms with Crippen molar-refractivity contribution in [3.63, 3.8) is 0 Å². The minimum absolute atomic E-state index is 0.0213. The van der Waals surface area contributed by atoms with Gasteiger partial charge in [0.25, 0.3) is 5.91 Å². The summed E-state index contributed by atoms with van der Waals surface area (Å²) in [5, 5.41) is 6.29. The monoisotopic (exact) mass is 344 g/mol. The molecule has 0 radical (unpaired) electrons. The number of rotatable bonds is 6. The minimum Gasteiger partial charge on any atom is -0.355 e. The molecular formula is C17H20N4O4. The standard InChI is InChI=1S/C17H20N4O4/c1-11(2)16(23)20-19-15(22)8-9-18-17(24)13-10-14(25-21-13)12-6-4-3-5-7-12/h3-7,10-11H,8-9H2,1-2H3,(H,18,24)(H,19,22)(H,20,23). The van der Waals surface area contributed by atoms with Crippen molar-refractivity contribution in [2.75, 3.05) is 6.54 Å². The van der Waals surface area contributed by atoms with Gasteiger partial charge in [0, 0.05) is 30.5 Å². The zero-order chi connectivity index (χ0) is 18.2. The summed E-state index contributed by atoms with van der Waals surface area (Å²) in [5.41, 5.74) is 5.52. The number of nitrogens with one attached hydrogen (secondary N) is 3. The van der Waals surface area contributed by atoms with Crippen LogP contribution in [0.3, 0.4) is 0 Å². The van der Waals surface area contributed by atoms with E-state index in [0.29, 0.717) is 5.76 Å². The van der Waals surface area contributed by atoms with Crippen LogP contribution in [-0.2, 0) is 9.59 Å². The van der Waals surface area contributed by atoms with E-state index in [-0.39, 0.29) is 30.5 Å². The van der Waals surface area contributed by atoms with Gasteiger partial charge in [-0.2, -0.15) is 0 Å². The molecule has 25 heavy (non-hydrogen) atoms. The molecule has 1 aromatic carbocycles. The number of hydrogen-bond donors (Lipinski definition) is 3. The van der Waals surface area contributed by atoms with Crippen LogP contribution in [-0.4, -0.2) is 29.4 Å². The third-order valence-corrected chi connectivity index (χ3v) is 3.29. The summed E-state index contributed by atoms with van der Waals surface area (Å²) in [6.07, 6.45) is 0.0213. The van der Waals surface area contributed by atoms with Crippen LogP contribution in [0.15, 0.2) is 40.9 Å². The molecule has 0 fully saturated rings. The summed E-state index contributed by atoms with van der Waals surface area (Å²) in [4.78, 5) is 34.9. The lowest BCUT2D eigenvalue weighted by Crippen LogP contribution is -2.44. The van der Waals surface area contributed by atoms with Gasteiger partial charge in [0.2, 0.25) is 11.8 Å². The van der Waals surface area contributed by atoms with Crippen LogP contribution in [0.2, 0.25) is 0 Å². The second-order valence-corrected chi connectivity index (χ2v) is 5.64. The summed E-state index contributed by atoms with van der Waals surface area (Å²) < 4.78 is 5.15. The third-order valence-electron chi connectivity index (χ3n) is 3.29. The molecule has 0 bridgehead atoms. The maximum Gasteiger partial charge on any atom is 0.273 e. The van der Waals surface area contributed by atoms with E-state index in [1.54, 1.807) is 13.8 Å². The molecule has 1 heterocycles. The van der Waals surface area contributed by atoms with E-state index in [9.17, 15) is 14.4 Å². The molecule has 0 aliphatic heterocycles. The van der Waals surface area contributed by atoms with Crippen molar-refractivity contribution in [3.8, 4) is 11.3 Å².